The van der Waals surface area contributed by atoms with E-state index >= 15 is 0 Å². The van der Waals surface area contributed by atoms with Crippen molar-refractivity contribution in [3.8, 4) is 0 Å². The van der Waals surface area contributed by atoms with Gasteiger partial charge in [-0.1, -0.05) is 41.9 Å². The summed E-state index contributed by atoms with van der Waals surface area (Å²) in [6.07, 6.45) is 0.724. The maximum Gasteiger partial charge on any atom is 0.326 e. The summed E-state index contributed by atoms with van der Waals surface area (Å²) in [5, 5.41) is 0.497. The average Bonchev–Trinajstić information content (AvgIpc) is 3.47. The van der Waals surface area contributed by atoms with Crippen molar-refractivity contribution < 1.29 is 23.9 Å². The van der Waals surface area contributed by atoms with E-state index < -0.39 is 18.6 Å². The number of amides is 2. The van der Waals surface area contributed by atoms with Gasteiger partial charge in [-0.3, -0.25) is 24.1 Å². The Hall–Kier alpha value is -2.99. The molecular weight excluding hydrogens is 442 g/mol. The summed E-state index contributed by atoms with van der Waals surface area (Å²) in [4.78, 5) is 52.3. The summed E-state index contributed by atoms with van der Waals surface area (Å²) in [6.45, 7) is 1.01. The van der Waals surface area contributed by atoms with Gasteiger partial charge in [0.25, 0.3) is 0 Å². The third-order valence-electron chi connectivity index (χ3n) is 7.43. The van der Waals surface area contributed by atoms with Crippen LogP contribution in [0.5, 0.6) is 0 Å². The van der Waals surface area contributed by atoms with Crippen molar-refractivity contribution >= 4 is 35.2 Å². The molecule has 0 unspecified atom stereocenters. The molecule has 5 rings (SSSR count). The first kappa shape index (κ1) is 21.8. The molecule has 3 aliphatic rings. The number of ether oxygens (including phenoxy) is 1. The number of hydrogen-bond donors (Lipinski definition) is 0. The van der Waals surface area contributed by atoms with Crippen molar-refractivity contribution in [3.63, 3.8) is 0 Å². The molecule has 1 aliphatic heterocycles. The van der Waals surface area contributed by atoms with Gasteiger partial charge in [0.05, 0.1) is 11.8 Å². The molecule has 0 aromatic heterocycles. The summed E-state index contributed by atoms with van der Waals surface area (Å²) < 4.78 is 5.27. The van der Waals surface area contributed by atoms with Crippen LogP contribution in [-0.2, 0) is 19.1 Å². The number of halogens is 1. The number of ketones is 1. The van der Waals surface area contributed by atoms with E-state index in [0.29, 0.717) is 10.6 Å². The van der Waals surface area contributed by atoms with E-state index in [9.17, 15) is 19.2 Å². The number of hydrogen-bond acceptors (Lipinski definition) is 5. The molecule has 33 heavy (non-hydrogen) atoms. The molecule has 0 radical (unpaired) electrons. The van der Waals surface area contributed by atoms with Crippen LogP contribution in [0.4, 0.5) is 0 Å². The molecule has 2 aromatic carbocycles. The third-order valence-corrected chi connectivity index (χ3v) is 7.68. The molecule has 1 heterocycles. The maximum absolute atomic E-state index is 13.2. The topological polar surface area (TPSA) is 80.8 Å². The van der Waals surface area contributed by atoms with Gasteiger partial charge in [0.15, 0.2) is 6.10 Å². The van der Waals surface area contributed by atoms with Crippen molar-refractivity contribution in [2.24, 2.45) is 23.7 Å². The van der Waals surface area contributed by atoms with Crippen LogP contribution in [0, 0.1) is 23.7 Å². The van der Waals surface area contributed by atoms with E-state index in [1.807, 2.05) is 18.2 Å². The van der Waals surface area contributed by atoms with Gasteiger partial charge in [-0.05, 0) is 67.3 Å². The number of imide groups is 1. The molecule has 2 bridgehead atoms. The molecule has 2 amide bonds. The number of likely N-dealkylation sites (tertiary alicyclic amines) is 1. The van der Waals surface area contributed by atoms with E-state index in [4.69, 9.17) is 16.3 Å². The molecule has 0 N–H and O–H groups in total. The molecule has 6 atom stereocenters. The Kier molecular flexibility index (Phi) is 5.57. The van der Waals surface area contributed by atoms with Gasteiger partial charge in [0.1, 0.15) is 6.54 Å². The van der Waals surface area contributed by atoms with Gasteiger partial charge in [0.2, 0.25) is 17.6 Å². The van der Waals surface area contributed by atoms with Crippen molar-refractivity contribution in [1.29, 1.82) is 0 Å². The first-order chi connectivity index (χ1) is 15.8. The number of Topliss-reactive ketones (excluding diaryl/α,β-unsaturated/α-hetero) is 1. The minimum Gasteiger partial charge on any atom is -0.453 e. The highest BCUT2D eigenvalue weighted by molar-refractivity contribution is 6.30. The van der Waals surface area contributed by atoms with E-state index in [0.717, 1.165) is 17.7 Å². The number of carbonyl (C=O) groups excluding carboxylic acids is 4. The molecule has 1 saturated heterocycles. The summed E-state index contributed by atoms with van der Waals surface area (Å²) in [5.41, 5.74) is 1.57. The third kappa shape index (κ3) is 3.76. The van der Waals surface area contributed by atoms with E-state index in [2.05, 4.69) is 12.1 Å². The Balaban J connectivity index is 1.24. The average molecular weight is 466 g/mol. The monoisotopic (exact) mass is 465 g/mol. The molecule has 2 aromatic rings. The van der Waals surface area contributed by atoms with Crippen molar-refractivity contribution in [3.05, 3.63) is 70.7 Å². The van der Waals surface area contributed by atoms with Crippen molar-refractivity contribution in [1.82, 2.24) is 4.90 Å². The highest BCUT2D eigenvalue weighted by Crippen LogP contribution is 2.61. The molecule has 7 heteroatoms. The fourth-order valence-electron chi connectivity index (χ4n) is 6.03. The highest BCUT2D eigenvalue weighted by Gasteiger charge is 2.64. The second kappa shape index (κ2) is 8.41. The Bertz CT molecular complexity index is 1120. The molecule has 6 nitrogen and oxygen atoms in total. The van der Waals surface area contributed by atoms with Gasteiger partial charge in [-0.15, -0.1) is 0 Å². The van der Waals surface area contributed by atoms with Gasteiger partial charge in [-0.2, -0.15) is 0 Å². The standard InChI is InChI=1S/C26H24ClNO5/c1-14(24(30)16-7-9-18(27)10-8-16)33-21(29)13-28-25(31)22-17-11-19(15-5-3-2-4-6-15)20(12-17)23(22)26(28)32/h2-10,14,17,19-20,22-23H,11-13H2,1H3/t14-,17-,19-,20+,22+,23-/m0/s1. The molecular formula is C26H24ClNO5. The number of benzene rings is 2. The molecule has 2 aliphatic carbocycles. The maximum atomic E-state index is 13.2. The second-order valence-electron chi connectivity index (χ2n) is 9.23. The Labute approximate surface area is 196 Å². The Morgan fingerprint density at radius 2 is 1.67 bits per heavy atom. The number of nitrogens with zero attached hydrogens (tertiary/aromatic N) is 1. The molecule has 3 fully saturated rings. The van der Waals surface area contributed by atoms with Crippen molar-refractivity contribution in [2.75, 3.05) is 6.54 Å². The first-order valence-corrected chi connectivity index (χ1v) is 11.6. The summed E-state index contributed by atoms with van der Waals surface area (Å²) in [6, 6.07) is 16.4. The van der Waals surface area contributed by atoms with Crippen LogP contribution in [0.15, 0.2) is 54.6 Å². The van der Waals surface area contributed by atoms with E-state index in [1.165, 1.54) is 12.5 Å². The lowest BCUT2D eigenvalue weighted by molar-refractivity contribution is -0.155. The second-order valence-corrected chi connectivity index (χ2v) is 9.67. The van der Waals surface area contributed by atoms with E-state index in [1.54, 1.807) is 24.3 Å². The van der Waals surface area contributed by atoms with Gasteiger partial charge in [-0.25, -0.2) is 0 Å². The summed E-state index contributed by atoms with van der Waals surface area (Å²) >= 11 is 5.85. The van der Waals surface area contributed by atoms with Crippen LogP contribution < -0.4 is 0 Å². The fourth-order valence-corrected chi connectivity index (χ4v) is 6.15. The lowest BCUT2D eigenvalue weighted by Crippen LogP contribution is -2.39. The zero-order valence-electron chi connectivity index (χ0n) is 18.1. The van der Waals surface area contributed by atoms with Gasteiger partial charge in [0, 0.05) is 10.6 Å². The predicted octanol–water partition coefficient (Wildman–Crippen LogP) is 3.88. The summed E-state index contributed by atoms with van der Waals surface area (Å²) in [7, 11) is 0. The van der Waals surface area contributed by atoms with Gasteiger partial charge >= 0.3 is 5.97 Å². The predicted molar refractivity (Wildman–Crippen MR) is 120 cm³/mol. The minimum absolute atomic E-state index is 0.116. The molecule has 0 spiro atoms. The largest absolute Gasteiger partial charge is 0.453 e. The normalized spacial score (nSPS) is 28.7. The Morgan fingerprint density at radius 3 is 2.36 bits per heavy atom. The fraction of sp³-hybridized carbons (Fsp3) is 0.385. The van der Waals surface area contributed by atoms with Crippen LogP contribution in [-0.4, -0.2) is 41.1 Å². The molecule has 170 valence electrons. The number of rotatable bonds is 6. The minimum atomic E-state index is -1.04. The van der Waals surface area contributed by atoms with Crippen LogP contribution in [0.1, 0.15) is 41.6 Å². The lowest BCUT2D eigenvalue weighted by Gasteiger charge is -2.28. The molecule has 2 saturated carbocycles. The SMILES string of the molecule is C[C@H](OC(=O)CN1C(=O)[C@@H]2[C@@H]3C[C@@H]([C@@H]2C1=O)[C@H](c1ccccc1)C3)C(=O)c1ccc(Cl)cc1. The van der Waals surface area contributed by atoms with Crippen LogP contribution in [0.2, 0.25) is 5.02 Å². The smallest absolute Gasteiger partial charge is 0.326 e. The highest BCUT2D eigenvalue weighted by atomic mass is 35.5. The van der Waals surface area contributed by atoms with E-state index in [-0.39, 0.29) is 47.2 Å². The number of esters is 1. The van der Waals surface area contributed by atoms with Crippen LogP contribution >= 0.6 is 11.6 Å². The van der Waals surface area contributed by atoms with Crippen molar-refractivity contribution in [2.45, 2.75) is 31.8 Å². The number of carbonyl (C=O) groups is 4. The zero-order valence-corrected chi connectivity index (χ0v) is 18.9. The number of fused-ring (bicyclic) bond motifs is 5. The first-order valence-electron chi connectivity index (χ1n) is 11.2. The zero-order chi connectivity index (χ0) is 23.3. The van der Waals surface area contributed by atoms with Crippen LogP contribution in [0.25, 0.3) is 0 Å². The quantitative estimate of drug-likeness (QED) is 0.367. The van der Waals surface area contributed by atoms with Gasteiger partial charge < -0.3 is 4.74 Å². The Morgan fingerprint density at radius 1 is 1.00 bits per heavy atom. The van der Waals surface area contributed by atoms with Crippen LogP contribution in [0.3, 0.4) is 0 Å². The summed E-state index contributed by atoms with van der Waals surface area (Å²) in [5.74, 6) is -1.88. The lowest BCUT2D eigenvalue weighted by atomic mass is 9.73.